The monoisotopic (exact) mass is 323 g/mol. The average molecular weight is 323 g/mol. The molecule has 0 radical (unpaired) electrons. The van der Waals surface area contributed by atoms with E-state index in [2.05, 4.69) is 10.3 Å². The van der Waals surface area contributed by atoms with Gasteiger partial charge in [-0.1, -0.05) is 36.8 Å². The Balaban J connectivity index is 1.97. The molecular weight excluding hydrogens is 298 g/mol. The Morgan fingerprint density at radius 2 is 2.00 bits per heavy atom. The number of sulfone groups is 1. The third-order valence-electron chi connectivity index (χ3n) is 3.88. The van der Waals surface area contributed by atoms with E-state index < -0.39 is 9.84 Å². The molecule has 0 amide bonds. The molecule has 1 aliphatic heterocycles. The maximum absolute atomic E-state index is 12.1. The zero-order chi connectivity index (χ0) is 16.0. The van der Waals surface area contributed by atoms with Crippen molar-refractivity contribution < 1.29 is 8.42 Å². The third-order valence-corrected chi connectivity index (χ3v) is 6.15. The Morgan fingerprint density at radius 1 is 1.27 bits per heavy atom. The Morgan fingerprint density at radius 3 is 2.64 bits per heavy atom. The third kappa shape index (κ3) is 4.73. The molecule has 2 rings (SSSR count). The molecule has 0 bridgehead atoms. The molecule has 1 heterocycles. The fraction of sp³-hybridized carbons (Fsp3) is 0.562. The number of aliphatic imine (C=N–C) groups is 1. The number of hydrogen-bond donors (Lipinski definition) is 1. The van der Waals surface area contributed by atoms with Crippen LogP contribution in [0.1, 0.15) is 24.8 Å². The quantitative estimate of drug-likeness (QED) is 0.676. The SMILES string of the molecule is CN(C)C(=NCc1ccccc1)NC[C@H]1CCCCS1(=O)=O. The lowest BCUT2D eigenvalue weighted by Gasteiger charge is -2.25. The van der Waals surface area contributed by atoms with E-state index in [4.69, 9.17) is 0 Å². The van der Waals surface area contributed by atoms with Gasteiger partial charge in [0.25, 0.3) is 0 Å². The van der Waals surface area contributed by atoms with Gasteiger partial charge in [-0.2, -0.15) is 0 Å². The van der Waals surface area contributed by atoms with Crippen molar-refractivity contribution in [3.63, 3.8) is 0 Å². The molecule has 0 aromatic heterocycles. The minimum Gasteiger partial charge on any atom is -0.355 e. The van der Waals surface area contributed by atoms with Crippen molar-refractivity contribution in [3.8, 4) is 0 Å². The fourth-order valence-corrected chi connectivity index (χ4v) is 4.36. The summed E-state index contributed by atoms with van der Waals surface area (Å²) in [6, 6.07) is 10.0. The number of benzene rings is 1. The topological polar surface area (TPSA) is 61.8 Å². The molecule has 1 fully saturated rings. The van der Waals surface area contributed by atoms with Crippen LogP contribution in [0, 0.1) is 0 Å². The largest absolute Gasteiger partial charge is 0.355 e. The second kappa shape index (κ2) is 7.63. The highest BCUT2D eigenvalue weighted by molar-refractivity contribution is 7.92. The molecule has 1 atom stereocenters. The molecule has 1 aromatic carbocycles. The molecule has 122 valence electrons. The molecule has 0 aliphatic carbocycles. The maximum Gasteiger partial charge on any atom is 0.193 e. The molecule has 0 saturated carbocycles. The van der Waals surface area contributed by atoms with Gasteiger partial charge in [-0.3, -0.25) is 0 Å². The molecule has 0 spiro atoms. The van der Waals surface area contributed by atoms with Crippen LogP contribution in [0.2, 0.25) is 0 Å². The van der Waals surface area contributed by atoms with Gasteiger partial charge >= 0.3 is 0 Å². The van der Waals surface area contributed by atoms with Gasteiger partial charge in [-0.25, -0.2) is 13.4 Å². The van der Waals surface area contributed by atoms with Gasteiger partial charge in [0.05, 0.1) is 17.5 Å². The van der Waals surface area contributed by atoms with Gasteiger partial charge in [0.2, 0.25) is 0 Å². The smallest absolute Gasteiger partial charge is 0.193 e. The second-order valence-corrected chi connectivity index (χ2v) is 8.29. The molecule has 1 aromatic rings. The van der Waals surface area contributed by atoms with Crippen molar-refractivity contribution in [1.29, 1.82) is 0 Å². The van der Waals surface area contributed by atoms with E-state index in [9.17, 15) is 8.42 Å². The van der Waals surface area contributed by atoms with E-state index in [1.807, 2.05) is 49.3 Å². The summed E-state index contributed by atoms with van der Waals surface area (Å²) in [7, 11) is 0.870. The van der Waals surface area contributed by atoms with Gasteiger partial charge in [-0.15, -0.1) is 0 Å². The molecule has 5 nitrogen and oxygen atoms in total. The zero-order valence-corrected chi connectivity index (χ0v) is 14.1. The van der Waals surface area contributed by atoms with Gasteiger partial charge in [0, 0.05) is 20.6 Å². The van der Waals surface area contributed by atoms with Crippen LogP contribution in [0.4, 0.5) is 0 Å². The summed E-state index contributed by atoms with van der Waals surface area (Å²) in [6.07, 6.45) is 2.53. The van der Waals surface area contributed by atoms with Crippen LogP contribution in [-0.2, 0) is 16.4 Å². The zero-order valence-electron chi connectivity index (χ0n) is 13.3. The Labute approximate surface area is 133 Å². The average Bonchev–Trinajstić information content (AvgIpc) is 2.49. The van der Waals surface area contributed by atoms with Crippen molar-refractivity contribution in [2.75, 3.05) is 26.4 Å². The Hall–Kier alpha value is -1.56. The lowest BCUT2D eigenvalue weighted by atomic mass is 10.2. The van der Waals surface area contributed by atoms with Crippen LogP contribution in [0.5, 0.6) is 0 Å². The highest BCUT2D eigenvalue weighted by Gasteiger charge is 2.28. The summed E-state index contributed by atoms with van der Waals surface area (Å²) in [5.74, 6) is 1.04. The standard InChI is InChI=1S/C16H25N3O2S/c1-19(2)16(17-12-14-8-4-3-5-9-14)18-13-15-10-6-7-11-22(15,20)21/h3-5,8-9,15H,6-7,10-13H2,1-2H3,(H,17,18)/t15-/m1/s1. The summed E-state index contributed by atoms with van der Waals surface area (Å²) < 4.78 is 24.1. The summed E-state index contributed by atoms with van der Waals surface area (Å²) in [4.78, 5) is 6.45. The Bertz CT molecular complexity index is 597. The highest BCUT2D eigenvalue weighted by atomic mass is 32.2. The van der Waals surface area contributed by atoms with Crippen LogP contribution in [0.15, 0.2) is 35.3 Å². The van der Waals surface area contributed by atoms with Gasteiger partial charge < -0.3 is 10.2 Å². The molecular formula is C16H25N3O2S. The van der Waals surface area contributed by atoms with E-state index in [0.717, 1.165) is 30.8 Å². The van der Waals surface area contributed by atoms with E-state index >= 15 is 0 Å². The van der Waals surface area contributed by atoms with Gasteiger partial charge in [-0.05, 0) is 18.4 Å². The molecule has 1 saturated heterocycles. The lowest BCUT2D eigenvalue weighted by Crippen LogP contribution is -2.44. The first-order valence-corrected chi connectivity index (χ1v) is 9.42. The summed E-state index contributed by atoms with van der Waals surface area (Å²) >= 11 is 0. The van der Waals surface area contributed by atoms with Crippen LogP contribution < -0.4 is 5.32 Å². The Kier molecular flexibility index (Phi) is 5.83. The predicted octanol–water partition coefficient (Wildman–Crippen LogP) is 1.66. The van der Waals surface area contributed by atoms with E-state index in [0.29, 0.717) is 18.8 Å². The van der Waals surface area contributed by atoms with Crippen LogP contribution in [-0.4, -0.2) is 50.9 Å². The van der Waals surface area contributed by atoms with E-state index in [-0.39, 0.29) is 5.25 Å². The summed E-state index contributed by atoms with van der Waals surface area (Å²) in [6.45, 7) is 1.02. The van der Waals surface area contributed by atoms with E-state index in [1.54, 1.807) is 0 Å². The summed E-state index contributed by atoms with van der Waals surface area (Å²) in [5, 5.41) is 2.92. The van der Waals surface area contributed by atoms with Crippen molar-refractivity contribution in [2.45, 2.75) is 31.1 Å². The number of rotatable bonds is 4. The maximum atomic E-state index is 12.1. The molecule has 22 heavy (non-hydrogen) atoms. The highest BCUT2D eigenvalue weighted by Crippen LogP contribution is 2.18. The molecule has 6 heteroatoms. The van der Waals surface area contributed by atoms with Crippen LogP contribution in [0.25, 0.3) is 0 Å². The number of hydrogen-bond acceptors (Lipinski definition) is 3. The summed E-state index contributed by atoms with van der Waals surface area (Å²) in [5.41, 5.74) is 1.13. The van der Waals surface area contributed by atoms with Gasteiger partial charge in [0.1, 0.15) is 0 Å². The first kappa shape index (κ1) is 16.8. The molecule has 1 N–H and O–H groups in total. The molecule has 1 aliphatic rings. The molecule has 0 unspecified atom stereocenters. The number of nitrogens with one attached hydrogen (secondary N) is 1. The lowest BCUT2D eigenvalue weighted by molar-refractivity contribution is 0.524. The van der Waals surface area contributed by atoms with Crippen LogP contribution in [0.3, 0.4) is 0 Å². The fourth-order valence-electron chi connectivity index (χ4n) is 2.56. The first-order chi connectivity index (χ1) is 10.5. The van der Waals surface area contributed by atoms with Crippen molar-refractivity contribution in [1.82, 2.24) is 10.2 Å². The minimum atomic E-state index is -2.95. The van der Waals surface area contributed by atoms with Crippen LogP contribution >= 0.6 is 0 Å². The minimum absolute atomic E-state index is 0.289. The van der Waals surface area contributed by atoms with Crippen molar-refractivity contribution in [2.24, 2.45) is 4.99 Å². The number of nitrogens with zero attached hydrogens (tertiary/aromatic N) is 2. The number of guanidine groups is 1. The normalized spacial score (nSPS) is 21.4. The van der Waals surface area contributed by atoms with Gasteiger partial charge in [0.15, 0.2) is 15.8 Å². The van der Waals surface area contributed by atoms with Crippen molar-refractivity contribution in [3.05, 3.63) is 35.9 Å². The first-order valence-electron chi connectivity index (χ1n) is 7.70. The van der Waals surface area contributed by atoms with E-state index in [1.165, 1.54) is 0 Å². The van der Waals surface area contributed by atoms with Crippen molar-refractivity contribution >= 4 is 15.8 Å². The predicted molar refractivity (Wildman–Crippen MR) is 90.7 cm³/mol. The second-order valence-electron chi connectivity index (χ2n) is 5.89.